The van der Waals surface area contributed by atoms with Crippen LogP contribution in [-0.4, -0.2) is 43.2 Å². The second kappa shape index (κ2) is 6.97. The van der Waals surface area contributed by atoms with E-state index < -0.39 is 11.7 Å². The lowest BCUT2D eigenvalue weighted by molar-refractivity contribution is -0.117. The third-order valence-electron chi connectivity index (χ3n) is 2.47. The lowest BCUT2D eigenvalue weighted by Gasteiger charge is -2.24. The third kappa shape index (κ3) is 5.72. The molecule has 1 rings (SSSR count). The number of methoxy groups -OCH3 is 1. The summed E-state index contributed by atoms with van der Waals surface area (Å²) in [5.41, 5.74) is -0.0348. The number of likely N-dealkylation sites (N-methyl/N-ethyl adjacent to an activating group) is 1. The van der Waals surface area contributed by atoms with E-state index in [1.165, 1.54) is 19.1 Å². The van der Waals surface area contributed by atoms with Crippen LogP contribution >= 0.6 is 0 Å². The Bertz CT molecular complexity index is 509. The van der Waals surface area contributed by atoms with Crippen LogP contribution in [-0.2, 0) is 9.53 Å². The molecule has 0 radical (unpaired) electrons. The fourth-order valence-electron chi connectivity index (χ4n) is 1.56. The predicted octanol–water partition coefficient (Wildman–Crippen LogP) is 2.50. The second-order valence-electron chi connectivity index (χ2n) is 5.58. The molecule has 0 spiro atoms. The topological polar surface area (TPSA) is 67.9 Å². The van der Waals surface area contributed by atoms with E-state index in [1.54, 1.807) is 45.0 Å². The second-order valence-corrected chi connectivity index (χ2v) is 5.58. The summed E-state index contributed by atoms with van der Waals surface area (Å²) in [6.45, 7) is 5.21. The van der Waals surface area contributed by atoms with Crippen LogP contribution in [0.3, 0.4) is 0 Å². The summed E-state index contributed by atoms with van der Waals surface area (Å²) in [4.78, 5) is 24.9. The number of ether oxygens (including phenoxy) is 2. The molecular formula is C15H22N2O4. The summed E-state index contributed by atoms with van der Waals surface area (Å²) in [6.07, 6.45) is -0.544. The first-order valence-electron chi connectivity index (χ1n) is 6.60. The molecule has 1 aromatic carbocycles. The number of anilines is 1. The normalized spacial score (nSPS) is 10.7. The van der Waals surface area contributed by atoms with Crippen molar-refractivity contribution in [3.8, 4) is 5.75 Å². The van der Waals surface area contributed by atoms with Crippen LogP contribution in [0.2, 0.25) is 0 Å². The number of rotatable bonds is 4. The number of carbonyl (C=O) groups is 2. The van der Waals surface area contributed by atoms with Gasteiger partial charge < -0.3 is 19.7 Å². The zero-order valence-electron chi connectivity index (χ0n) is 13.1. The van der Waals surface area contributed by atoms with Gasteiger partial charge in [0, 0.05) is 7.05 Å². The Hall–Kier alpha value is -2.24. The molecular weight excluding hydrogens is 272 g/mol. The molecule has 0 fully saturated rings. The standard InChI is InChI=1S/C15H22N2O4/c1-15(2,3)21-14(19)17(4)10-13(18)16-11-8-6-7-9-12(11)20-5/h6-9H,10H2,1-5H3,(H,16,18). The van der Waals surface area contributed by atoms with E-state index >= 15 is 0 Å². The first kappa shape index (κ1) is 16.8. The van der Waals surface area contributed by atoms with Crippen molar-refractivity contribution in [2.75, 3.05) is 26.0 Å². The summed E-state index contributed by atoms with van der Waals surface area (Å²) < 4.78 is 10.3. The molecule has 6 nitrogen and oxygen atoms in total. The number of hydrogen-bond acceptors (Lipinski definition) is 4. The SMILES string of the molecule is COc1ccccc1NC(=O)CN(C)C(=O)OC(C)(C)C. The lowest BCUT2D eigenvalue weighted by Crippen LogP contribution is -2.38. The van der Waals surface area contributed by atoms with Gasteiger partial charge in [0.2, 0.25) is 5.91 Å². The molecule has 0 atom stereocenters. The van der Waals surface area contributed by atoms with Gasteiger partial charge in [-0.05, 0) is 32.9 Å². The van der Waals surface area contributed by atoms with Crippen molar-refractivity contribution >= 4 is 17.7 Å². The van der Waals surface area contributed by atoms with Crippen molar-refractivity contribution in [2.24, 2.45) is 0 Å². The van der Waals surface area contributed by atoms with E-state index in [4.69, 9.17) is 9.47 Å². The van der Waals surface area contributed by atoms with Crippen LogP contribution in [0.5, 0.6) is 5.75 Å². The van der Waals surface area contributed by atoms with Gasteiger partial charge in [-0.15, -0.1) is 0 Å². The molecule has 1 N–H and O–H groups in total. The third-order valence-corrected chi connectivity index (χ3v) is 2.47. The summed E-state index contributed by atoms with van der Waals surface area (Å²) in [6, 6.07) is 7.06. The molecule has 1 aromatic rings. The average Bonchev–Trinajstić information content (AvgIpc) is 2.37. The number of benzene rings is 1. The van der Waals surface area contributed by atoms with Gasteiger partial charge in [-0.1, -0.05) is 12.1 Å². The molecule has 0 aliphatic carbocycles. The highest BCUT2D eigenvalue weighted by Gasteiger charge is 2.21. The van der Waals surface area contributed by atoms with Crippen LogP contribution < -0.4 is 10.1 Å². The lowest BCUT2D eigenvalue weighted by atomic mass is 10.2. The van der Waals surface area contributed by atoms with Crippen LogP contribution in [0.1, 0.15) is 20.8 Å². The highest BCUT2D eigenvalue weighted by Crippen LogP contribution is 2.22. The Balaban J connectivity index is 2.59. The fraction of sp³-hybridized carbons (Fsp3) is 0.467. The molecule has 0 saturated heterocycles. The Labute approximate surface area is 125 Å². The average molecular weight is 294 g/mol. The fourth-order valence-corrected chi connectivity index (χ4v) is 1.56. The van der Waals surface area contributed by atoms with Crippen molar-refractivity contribution in [1.29, 1.82) is 0 Å². The summed E-state index contributed by atoms with van der Waals surface area (Å²) in [5.74, 6) is 0.235. The Kier molecular flexibility index (Phi) is 5.58. The van der Waals surface area contributed by atoms with E-state index in [-0.39, 0.29) is 12.5 Å². The van der Waals surface area contributed by atoms with Gasteiger partial charge in [-0.2, -0.15) is 0 Å². The van der Waals surface area contributed by atoms with Gasteiger partial charge in [0.1, 0.15) is 17.9 Å². The van der Waals surface area contributed by atoms with Crippen molar-refractivity contribution in [2.45, 2.75) is 26.4 Å². The van der Waals surface area contributed by atoms with E-state index in [0.717, 1.165) is 0 Å². The molecule has 116 valence electrons. The maximum atomic E-state index is 11.9. The molecule has 0 saturated carbocycles. The minimum absolute atomic E-state index is 0.104. The minimum Gasteiger partial charge on any atom is -0.495 e. The largest absolute Gasteiger partial charge is 0.495 e. The van der Waals surface area contributed by atoms with Gasteiger partial charge in [0.25, 0.3) is 0 Å². The van der Waals surface area contributed by atoms with Gasteiger partial charge >= 0.3 is 6.09 Å². The molecule has 0 aliphatic heterocycles. The van der Waals surface area contributed by atoms with E-state index in [0.29, 0.717) is 11.4 Å². The van der Waals surface area contributed by atoms with E-state index in [9.17, 15) is 9.59 Å². The smallest absolute Gasteiger partial charge is 0.410 e. The predicted molar refractivity (Wildman–Crippen MR) is 80.5 cm³/mol. The molecule has 6 heteroatoms. The van der Waals surface area contributed by atoms with E-state index in [1.807, 2.05) is 0 Å². The quantitative estimate of drug-likeness (QED) is 0.926. The number of amides is 2. The number of para-hydroxylation sites is 2. The highest BCUT2D eigenvalue weighted by atomic mass is 16.6. The highest BCUT2D eigenvalue weighted by molar-refractivity contribution is 5.95. The van der Waals surface area contributed by atoms with Gasteiger partial charge in [0.05, 0.1) is 12.8 Å². The number of carbonyl (C=O) groups excluding carboxylic acids is 2. The van der Waals surface area contributed by atoms with Crippen molar-refractivity contribution < 1.29 is 19.1 Å². The van der Waals surface area contributed by atoms with Crippen LogP contribution in [0.4, 0.5) is 10.5 Å². The maximum absolute atomic E-state index is 11.9. The van der Waals surface area contributed by atoms with Crippen molar-refractivity contribution in [3.05, 3.63) is 24.3 Å². The van der Waals surface area contributed by atoms with Crippen LogP contribution in [0.25, 0.3) is 0 Å². The van der Waals surface area contributed by atoms with Gasteiger partial charge in [-0.25, -0.2) is 4.79 Å². The summed E-state index contributed by atoms with van der Waals surface area (Å²) in [7, 11) is 3.04. The molecule has 0 unspecified atom stereocenters. The van der Waals surface area contributed by atoms with Crippen LogP contribution in [0.15, 0.2) is 24.3 Å². The van der Waals surface area contributed by atoms with Crippen molar-refractivity contribution in [3.63, 3.8) is 0 Å². The minimum atomic E-state index is -0.593. The molecule has 0 heterocycles. The summed E-state index contributed by atoms with van der Waals surface area (Å²) >= 11 is 0. The number of nitrogens with one attached hydrogen (secondary N) is 1. The van der Waals surface area contributed by atoms with Gasteiger partial charge in [-0.3, -0.25) is 4.79 Å². The number of nitrogens with zero attached hydrogens (tertiary/aromatic N) is 1. The molecule has 0 aromatic heterocycles. The Morgan fingerprint density at radius 3 is 2.43 bits per heavy atom. The summed E-state index contributed by atoms with van der Waals surface area (Å²) in [5, 5.41) is 2.70. The maximum Gasteiger partial charge on any atom is 0.410 e. The van der Waals surface area contributed by atoms with E-state index in [2.05, 4.69) is 5.32 Å². The first-order valence-corrected chi connectivity index (χ1v) is 6.60. The van der Waals surface area contributed by atoms with Gasteiger partial charge in [0.15, 0.2) is 0 Å². The molecule has 0 aliphatic rings. The zero-order valence-corrected chi connectivity index (χ0v) is 13.1. The first-order chi connectivity index (χ1) is 9.73. The Morgan fingerprint density at radius 2 is 1.86 bits per heavy atom. The monoisotopic (exact) mass is 294 g/mol. The van der Waals surface area contributed by atoms with Crippen LogP contribution in [0, 0.1) is 0 Å². The zero-order chi connectivity index (χ0) is 16.0. The number of hydrogen-bond donors (Lipinski definition) is 1. The Morgan fingerprint density at radius 1 is 1.24 bits per heavy atom. The molecule has 0 bridgehead atoms. The molecule has 21 heavy (non-hydrogen) atoms. The molecule has 2 amide bonds. The van der Waals surface area contributed by atoms with Crippen molar-refractivity contribution in [1.82, 2.24) is 4.90 Å².